The number of hydrogen-bond acceptors (Lipinski definition) is 5. The van der Waals surface area contributed by atoms with Gasteiger partial charge in [-0.25, -0.2) is 0 Å². The summed E-state index contributed by atoms with van der Waals surface area (Å²) in [6.07, 6.45) is 75.4. The van der Waals surface area contributed by atoms with Gasteiger partial charge in [0.15, 0.2) is 0 Å². The molecule has 2 atom stereocenters. The number of allylic oxidation sites excluding steroid dienone is 1. The molecule has 0 bridgehead atoms. The quantitative estimate of drug-likeness (QED) is 0.0320. The first-order valence-corrected chi connectivity index (χ1v) is 33.0. The zero-order valence-electron chi connectivity index (χ0n) is 48.9. The molecule has 3 N–H and O–H groups in total. The first-order valence-electron chi connectivity index (χ1n) is 33.0. The number of rotatable bonds is 62. The molecular formula is C66H129NO5. The fourth-order valence-corrected chi connectivity index (χ4v) is 10.5. The van der Waals surface area contributed by atoms with E-state index in [9.17, 15) is 19.8 Å². The lowest BCUT2D eigenvalue weighted by Crippen LogP contribution is -2.45. The molecule has 0 aliphatic heterocycles. The van der Waals surface area contributed by atoms with Crippen molar-refractivity contribution >= 4 is 11.9 Å². The van der Waals surface area contributed by atoms with Crippen LogP contribution in [-0.2, 0) is 14.3 Å². The van der Waals surface area contributed by atoms with Gasteiger partial charge in [0.25, 0.3) is 0 Å². The first-order chi connectivity index (χ1) is 35.5. The summed E-state index contributed by atoms with van der Waals surface area (Å²) in [5, 5.41) is 23.2. The van der Waals surface area contributed by atoms with Gasteiger partial charge in [0.1, 0.15) is 0 Å². The summed E-state index contributed by atoms with van der Waals surface area (Å²) in [6, 6.07) is -0.636. The molecule has 0 aliphatic rings. The summed E-state index contributed by atoms with van der Waals surface area (Å²) in [5.41, 5.74) is 0. The van der Waals surface area contributed by atoms with Crippen molar-refractivity contribution in [1.82, 2.24) is 5.32 Å². The Bertz CT molecular complexity index is 1080. The van der Waals surface area contributed by atoms with Gasteiger partial charge in [-0.15, -0.1) is 0 Å². The average Bonchev–Trinajstić information content (AvgIpc) is 3.38. The maximum absolute atomic E-state index is 12.5. The van der Waals surface area contributed by atoms with E-state index in [0.29, 0.717) is 19.4 Å². The van der Waals surface area contributed by atoms with Crippen molar-refractivity contribution in [2.24, 2.45) is 0 Å². The van der Waals surface area contributed by atoms with Crippen LogP contribution in [-0.4, -0.2) is 47.4 Å². The van der Waals surface area contributed by atoms with Crippen molar-refractivity contribution in [1.29, 1.82) is 0 Å². The molecule has 0 aromatic carbocycles. The van der Waals surface area contributed by atoms with Crippen LogP contribution in [0.5, 0.6) is 0 Å². The van der Waals surface area contributed by atoms with Gasteiger partial charge in [0.05, 0.1) is 25.4 Å². The van der Waals surface area contributed by atoms with Crippen molar-refractivity contribution in [2.45, 2.75) is 386 Å². The number of carbonyl (C=O) groups excluding carboxylic acids is 2. The van der Waals surface area contributed by atoms with Gasteiger partial charge in [0.2, 0.25) is 5.91 Å². The zero-order chi connectivity index (χ0) is 52.2. The maximum atomic E-state index is 12.5. The third-order valence-electron chi connectivity index (χ3n) is 15.6. The topological polar surface area (TPSA) is 95.9 Å². The number of ether oxygens (including phenoxy) is 1. The van der Waals surface area contributed by atoms with Gasteiger partial charge in [-0.1, -0.05) is 341 Å². The fourth-order valence-electron chi connectivity index (χ4n) is 10.5. The van der Waals surface area contributed by atoms with Crippen LogP contribution < -0.4 is 5.32 Å². The molecule has 0 fully saturated rings. The second-order valence-electron chi connectivity index (χ2n) is 22.8. The van der Waals surface area contributed by atoms with Crippen molar-refractivity contribution in [3.63, 3.8) is 0 Å². The van der Waals surface area contributed by atoms with Crippen LogP contribution in [0.1, 0.15) is 373 Å². The van der Waals surface area contributed by atoms with Crippen LogP contribution in [0.15, 0.2) is 12.2 Å². The van der Waals surface area contributed by atoms with E-state index < -0.39 is 12.1 Å². The molecule has 0 heterocycles. The number of aliphatic hydroxyl groups excluding tert-OH is 2. The van der Waals surface area contributed by atoms with Crippen molar-refractivity contribution in [3.8, 4) is 0 Å². The molecule has 0 saturated heterocycles. The minimum absolute atomic E-state index is 0.00185. The molecule has 0 aromatic heterocycles. The van der Waals surface area contributed by atoms with Gasteiger partial charge >= 0.3 is 5.97 Å². The summed E-state index contributed by atoms with van der Waals surface area (Å²) in [4.78, 5) is 24.6. The van der Waals surface area contributed by atoms with Crippen LogP contribution in [0.25, 0.3) is 0 Å². The Morgan fingerprint density at radius 3 is 0.944 bits per heavy atom. The Labute approximate surface area is 450 Å². The van der Waals surface area contributed by atoms with E-state index >= 15 is 0 Å². The first kappa shape index (κ1) is 70.6. The van der Waals surface area contributed by atoms with E-state index in [4.69, 9.17) is 4.74 Å². The van der Waals surface area contributed by atoms with Crippen LogP contribution >= 0.6 is 0 Å². The maximum Gasteiger partial charge on any atom is 0.305 e. The molecule has 2 unspecified atom stereocenters. The highest BCUT2D eigenvalue weighted by atomic mass is 16.5. The number of nitrogens with one attached hydrogen (secondary N) is 1. The normalized spacial score (nSPS) is 12.6. The number of carbonyl (C=O) groups is 2. The second-order valence-corrected chi connectivity index (χ2v) is 22.8. The second kappa shape index (κ2) is 62.1. The molecule has 0 radical (unpaired) electrons. The van der Waals surface area contributed by atoms with Crippen molar-refractivity contribution in [3.05, 3.63) is 12.2 Å². The lowest BCUT2D eigenvalue weighted by Gasteiger charge is -2.20. The van der Waals surface area contributed by atoms with Crippen molar-refractivity contribution in [2.75, 3.05) is 13.2 Å². The van der Waals surface area contributed by atoms with Gasteiger partial charge in [-0.05, 0) is 32.1 Å². The van der Waals surface area contributed by atoms with Crippen LogP contribution in [0, 0.1) is 0 Å². The molecule has 0 saturated carbocycles. The Morgan fingerprint density at radius 2 is 0.639 bits per heavy atom. The minimum Gasteiger partial charge on any atom is -0.466 e. The molecule has 0 aliphatic carbocycles. The molecule has 428 valence electrons. The fraction of sp³-hybridized carbons (Fsp3) is 0.939. The number of amides is 1. The van der Waals surface area contributed by atoms with Crippen LogP contribution in [0.4, 0.5) is 0 Å². The van der Waals surface area contributed by atoms with Gasteiger partial charge < -0.3 is 20.3 Å². The van der Waals surface area contributed by atoms with E-state index in [1.54, 1.807) is 6.08 Å². The number of esters is 1. The van der Waals surface area contributed by atoms with Crippen molar-refractivity contribution < 1.29 is 24.5 Å². The lowest BCUT2D eigenvalue weighted by atomic mass is 10.0. The van der Waals surface area contributed by atoms with Gasteiger partial charge in [-0.2, -0.15) is 0 Å². The minimum atomic E-state index is -0.852. The summed E-state index contributed by atoms with van der Waals surface area (Å²) >= 11 is 0. The number of unbranched alkanes of at least 4 members (excludes halogenated alkanes) is 51. The molecule has 0 spiro atoms. The Balaban J connectivity index is 3.44. The number of aliphatic hydroxyl groups is 2. The predicted octanol–water partition coefficient (Wildman–Crippen LogP) is 20.8. The molecule has 0 rings (SSSR count). The molecular weight excluding hydrogens is 887 g/mol. The molecule has 72 heavy (non-hydrogen) atoms. The standard InChI is InChI=1S/C66H129NO5/c1-3-5-7-9-11-13-15-17-19-21-22-23-24-25-26-27-29-30-34-38-42-46-50-54-58-64(69)63(62-68)67-65(70)59-55-51-47-43-39-35-32-33-37-41-45-49-53-57-61-72-66(71)60-56-52-48-44-40-36-31-28-20-18-16-14-12-10-8-6-4-2/h54,58,63-64,68-69H,3-53,55-57,59-62H2,1-2H3,(H,67,70)/b58-54+. The van der Waals surface area contributed by atoms with E-state index in [-0.39, 0.29) is 18.5 Å². The number of hydrogen-bond donors (Lipinski definition) is 3. The highest BCUT2D eigenvalue weighted by Gasteiger charge is 2.18. The zero-order valence-corrected chi connectivity index (χ0v) is 48.9. The highest BCUT2D eigenvalue weighted by Crippen LogP contribution is 2.19. The molecule has 1 amide bonds. The monoisotopic (exact) mass is 1020 g/mol. The lowest BCUT2D eigenvalue weighted by molar-refractivity contribution is -0.143. The van der Waals surface area contributed by atoms with Crippen LogP contribution in [0.2, 0.25) is 0 Å². The van der Waals surface area contributed by atoms with E-state index in [2.05, 4.69) is 19.2 Å². The SMILES string of the molecule is CCCCCCCCCCCCCCCCCCCCCCCC/C=C/C(O)C(CO)NC(=O)CCCCCCCCCCCCCCCCOC(=O)CCCCCCCCCCCCCCCCCCC. The Hall–Kier alpha value is -1.40. The third-order valence-corrected chi connectivity index (χ3v) is 15.6. The van der Waals surface area contributed by atoms with E-state index in [1.807, 2.05) is 6.08 Å². The molecule has 6 heteroatoms. The van der Waals surface area contributed by atoms with E-state index in [0.717, 1.165) is 57.8 Å². The summed E-state index contributed by atoms with van der Waals surface area (Å²) in [5.74, 6) is -0.0717. The summed E-state index contributed by atoms with van der Waals surface area (Å²) in [6.45, 7) is 4.92. The summed E-state index contributed by atoms with van der Waals surface area (Å²) < 4.78 is 5.49. The largest absolute Gasteiger partial charge is 0.466 e. The summed E-state index contributed by atoms with van der Waals surface area (Å²) in [7, 11) is 0. The van der Waals surface area contributed by atoms with Gasteiger partial charge in [-0.3, -0.25) is 9.59 Å². The Morgan fingerprint density at radius 1 is 0.375 bits per heavy atom. The van der Waals surface area contributed by atoms with Crippen LogP contribution in [0.3, 0.4) is 0 Å². The third kappa shape index (κ3) is 57.9. The average molecular weight is 1020 g/mol. The van der Waals surface area contributed by atoms with Gasteiger partial charge in [0, 0.05) is 12.8 Å². The Kier molecular flexibility index (Phi) is 60.9. The van der Waals surface area contributed by atoms with E-state index in [1.165, 1.54) is 289 Å². The molecule has 0 aromatic rings. The molecule has 6 nitrogen and oxygen atoms in total. The highest BCUT2D eigenvalue weighted by molar-refractivity contribution is 5.76. The smallest absolute Gasteiger partial charge is 0.305 e. The predicted molar refractivity (Wildman–Crippen MR) is 315 cm³/mol.